The van der Waals surface area contributed by atoms with E-state index in [1.54, 1.807) is 36.8 Å². The predicted molar refractivity (Wildman–Crippen MR) is 299 cm³/mol. The van der Waals surface area contributed by atoms with Gasteiger partial charge in [-0.05, 0) is 112 Å². The molecule has 4 fully saturated rings. The second-order valence-electron chi connectivity index (χ2n) is 18.9. The van der Waals surface area contributed by atoms with Gasteiger partial charge in [-0.25, -0.2) is 19.9 Å². The van der Waals surface area contributed by atoms with Crippen LogP contribution in [0.15, 0.2) is 85.7 Å². The van der Waals surface area contributed by atoms with Gasteiger partial charge in [0.15, 0.2) is 0 Å². The van der Waals surface area contributed by atoms with Crippen LogP contribution < -0.4 is 15.1 Å². The number of nitrogens with zero attached hydrogens (tertiary/aromatic N) is 11. The zero-order chi connectivity index (χ0) is 51.3. The number of halogens is 5. The minimum atomic E-state index is 0.472. The van der Waals surface area contributed by atoms with Gasteiger partial charge in [0.2, 0.25) is 0 Å². The first-order valence-electron chi connectivity index (χ1n) is 25.3. The summed E-state index contributed by atoms with van der Waals surface area (Å²) in [4.78, 5) is 36.7. The van der Waals surface area contributed by atoms with Crippen LogP contribution in [0.3, 0.4) is 0 Å². The average molecular weight is 1130 g/mol. The van der Waals surface area contributed by atoms with Crippen LogP contribution in [-0.4, -0.2) is 134 Å². The van der Waals surface area contributed by atoms with E-state index in [1.165, 1.54) is 12.8 Å². The number of benzene rings is 2. The molecule has 4 aliphatic rings. The maximum Gasteiger partial charge on any atom is 0.147 e. The van der Waals surface area contributed by atoms with Gasteiger partial charge in [0.25, 0.3) is 0 Å². The highest BCUT2D eigenvalue weighted by atomic mass is 79.9. The lowest BCUT2D eigenvalue weighted by atomic mass is 9.97. The van der Waals surface area contributed by atoms with Crippen molar-refractivity contribution < 1.29 is 0 Å². The predicted octanol–water partition coefficient (Wildman–Crippen LogP) is 11.1. The fourth-order valence-corrected chi connectivity index (χ4v) is 12.0. The zero-order valence-electron chi connectivity index (χ0n) is 41.4. The van der Waals surface area contributed by atoms with Gasteiger partial charge < -0.3 is 25.1 Å². The van der Waals surface area contributed by atoms with E-state index in [1.807, 2.05) is 48.9 Å². The number of rotatable bonds is 11. The fourth-order valence-electron chi connectivity index (χ4n) is 10.6. The van der Waals surface area contributed by atoms with E-state index in [4.69, 9.17) is 56.6 Å². The van der Waals surface area contributed by atoms with E-state index < -0.39 is 0 Å². The van der Waals surface area contributed by atoms with Gasteiger partial charge >= 0.3 is 0 Å². The molecule has 73 heavy (non-hydrogen) atoms. The lowest BCUT2D eigenvalue weighted by molar-refractivity contribution is 0.0610. The van der Waals surface area contributed by atoms with Gasteiger partial charge in [-0.2, -0.15) is 10.5 Å². The molecule has 4 aliphatic heterocycles. The van der Waals surface area contributed by atoms with Crippen molar-refractivity contribution in [2.24, 2.45) is 0 Å². The lowest BCUT2D eigenvalue weighted by Crippen LogP contribution is -2.58. The average Bonchev–Trinajstić information content (AvgIpc) is 4.19. The summed E-state index contributed by atoms with van der Waals surface area (Å²) >= 11 is 28.3. The molecule has 0 unspecified atom stereocenters. The summed E-state index contributed by atoms with van der Waals surface area (Å²) in [5.41, 5.74) is 5.15. The molecule has 10 rings (SSSR count). The van der Waals surface area contributed by atoms with Crippen LogP contribution in [0.1, 0.15) is 74.6 Å². The summed E-state index contributed by atoms with van der Waals surface area (Å²) in [6.45, 7) is 15.6. The summed E-state index contributed by atoms with van der Waals surface area (Å²) in [7, 11) is 0. The highest BCUT2D eigenvalue weighted by Gasteiger charge is 2.35. The Balaban J connectivity index is 0.000000167. The quantitative estimate of drug-likeness (QED) is 0.106. The van der Waals surface area contributed by atoms with E-state index in [0.717, 1.165) is 143 Å². The monoisotopic (exact) mass is 1130 g/mol. The van der Waals surface area contributed by atoms with Gasteiger partial charge in [-0.3, -0.25) is 14.7 Å². The summed E-state index contributed by atoms with van der Waals surface area (Å²) < 4.78 is 0. The number of nitriles is 2. The number of piperidine rings is 2. The molecule has 6 aromatic rings. The number of aromatic amines is 2. The number of aromatic nitrogens is 6. The van der Waals surface area contributed by atoms with Gasteiger partial charge in [0.05, 0.1) is 33.3 Å². The van der Waals surface area contributed by atoms with E-state index in [9.17, 15) is 5.26 Å². The molecule has 8 heterocycles. The molecule has 19 heteroatoms. The van der Waals surface area contributed by atoms with Crippen molar-refractivity contribution in [3.63, 3.8) is 0 Å². The van der Waals surface area contributed by atoms with Crippen molar-refractivity contribution in [3.8, 4) is 34.9 Å². The number of pyridine rings is 2. The zero-order valence-corrected chi connectivity index (χ0v) is 46.0. The number of piperazine rings is 2. The van der Waals surface area contributed by atoms with Crippen LogP contribution in [0, 0.1) is 22.7 Å². The summed E-state index contributed by atoms with van der Waals surface area (Å²) in [5, 5.41) is 24.9. The molecule has 0 aliphatic carbocycles. The minimum Gasteiger partial charge on any atom is -0.353 e. The van der Waals surface area contributed by atoms with Crippen molar-refractivity contribution in [1.82, 2.24) is 49.9 Å². The van der Waals surface area contributed by atoms with Gasteiger partial charge in [0, 0.05) is 134 Å². The number of hydrogen-bond donors (Lipinski definition) is 3. The highest BCUT2D eigenvalue weighted by Crippen LogP contribution is 2.33. The Morgan fingerprint density at radius 1 is 0.616 bits per heavy atom. The molecule has 0 amide bonds. The van der Waals surface area contributed by atoms with Gasteiger partial charge in [0.1, 0.15) is 23.3 Å². The maximum absolute atomic E-state index is 9.46. The van der Waals surface area contributed by atoms with Crippen LogP contribution in [0.2, 0.25) is 20.1 Å². The Bertz CT molecular complexity index is 2790. The van der Waals surface area contributed by atoms with Crippen LogP contribution in [0.5, 0.6) is 0 Å². The summed E-state index contributed by atoms with van der Waals surface area (Å²) in [5.74, 6) is 3.33. The lowest BCUT2D eigenvalue weighted by Gasteiger charge is -2.47. The smallest absolute Gasteiger partial charge is 0.147 e. The molecular weight excluding hydrogens is 1070 g/mol. The number of imidazole rings is 2. The first kappa shape index (κ1) is 54.5. The number of anilines is 2. The van der Waals surface area contributed by atoms with Gasteiger partial charge in [-0.1, -0.05) is 88.3 Å². The van der Waals surface area contributed by atoms with Crippen molar-refractivity contribution in [1.29, 1.82) is 10.5 Å². The molecule has 4 aromatic heterocycles. The molecule has 3 N–H and O–H groups in total. The van der Waals surface area contributed by atoms with Crippen molar-refractivity contribution in [2.45, 2.75) is 88.4 Å². The number of H-pyrrole nitrogens is 2. The largest absolute Gasteiger partial charge is 0.353 e. The molecule has 2 aromatic carbocycles. The van der Waals surface area contributed by atoms with Crippen LogP contribution in [0.4, 0.5) is 11.6 Å². The van der Waals surface area contributed by atoms with Gasteiger partial charge in [-0.15, -0.1) is 0 Å². The number of nitrogens with one attached hydrogen (secondary N) is 3. The van der Waals surface area contributed by atoms with Crippen LogP contribution in [-0.2, 0) is 11.9 Å². The molecule has 0 saturated carbocycles. The number of alkyl halides is 1. The Hall–Kier alpha value is -4.78. The molecule has 2 atom stereocenters. The maximum atomic E-state index is 9.46. The Morgan fingerprint density at radius 2 is 1.10 bits per heavy atom. The minimum absolute atomic E-state index is 0.472. The molecule has 0 bridgehead atoms. The second kappa shape index (κ2) is 26.6. The standard InChI is InChI=1S/C27H31Cl2N7.C19H27ClN6.C8H5BrClN/c1-2-23-18-35(27-25(29)14-21(16-33-27)26-31-7-8-32-26)11-12-36(23)24-5-9-34(10-6-24)17-19-3-4-22(28)13-20(19)15-30;1-2-15-13-25(9-10-26(15)16-3-5-21-6-4-16)19-17(20)11-14(12-24-19)18-22-7-8-23-18;9-4-6-1-2-8(10)3-7(6)5-11/h3-4,7-8,13-14,16,23-24H,2,5-6,9-12,17-18H2,1H3,(H,31,32);7-8,11-12,15-16,21H,2-6,9-10,13H2,1H3,(H,22,23);1-3H,4H2/t23-;15-;/m00./s1. The van der Waals surface area contributed by atoms with Crippen molar-refractivity contribution >= 4 is 74.0 Å². The SMILES string of the molecule is CC[C@H]1CN(c2ncc(-c3ncc[nH]3)cc2Cl)CCN1C1CCN(Cc2ccc(Cl)cc2C#N)CC1.CC[C@H]1CN(c2ncc(-c3ncc[nH]3)cc2Cl)CCN1C1CCNCC1.N#Cc1cc(Cl)ccc1CBr. The van der Waals surface area contributed by atoms with E-state index in [0.29, 0.717) is 60.7 Å². The molecular formula is C54H63BrCl4N14. The molecule has 0 spiro atoms. The Morgan fingerprint density at radius 3 is 1.53 bits per heavy atom. The normalized spacial score (nSPS) is 19.3. The fraction of sp³-hybridized carbons (Fsp3) is 0.444. The Labute approximate surface area is 458 Å². The molecule has 0 radical (unpaired) electrons. The highest BCUT2D eigenvalue weighted by molar-refractivity contribution is 9.08. The summed E-state index contributed by atoms with van der Waals surface area (Å²) in [6.07, 6.45) is 17.8. The topological polar surface area (TPSA) is 159 Å². The first-order valence-corrected chi connectivity index (χ1v) is 27.9. The third kappa shape index (κ3) is 13.9. The van der Waals surface area contributed by atoms with E-state index in [2.05, 4.69) is 96.7 Å². The van der Waals surface area contributed by atoms with Crippen molar-refractivity contribution in [2.75, 3.05) is 75.2 Å². The third-order valence-electron chi connectivity index (χ3n) is 14.5. The van der Waals surface area contributed by atoms with Crippen molar-refractivity contribution in [3.05, 3.63) is 128 Å². The number of likely N-dealkylation sites (tertiary alicyclic amines) is 1. The van der Waals surface area contributed by atoms with E-state index >= 15 is 0 Å². The Kier molecular flexibility index (Phi) is 19.9. The van der Waals surface area contributed by atoms with Crippen LogP contribution >= 0.6 is 62.3 Å². The number of hydrogen-bond acceptors (Lipinski definition) is 12. The molecule has 384 valence electrons. The first-order chi connectivity index (χ1) is 35.6. The summed E-state index contributed by atoms with van der Waals surface area (Å²) in [6, 6.07) is 21.5. The van der Waals surface area contributed by atoms with E-state index in [-0.39, 0.29) is 0 Å². The third-order valence-corrected chi connectivity index (χ3v) is 16.1. The molecule has 14 nitrogen and oxygen atoms in total. The molecule has 4 saturated heterocycles. The second-order valence-corrected chi connectivity index (χ2v) is 21.1. The van der Waals surface area contributed by atoms with Crippen LogP contribution in [0.25, 0.3) is 22.8 Å².